The topological polar surface area (TPSA) is 138 Å². The van der Waals surface area contributed by atoms with E-state index in [0.717, 1.165) is 32.1 Å². The van der Waals surface area contributed by atoms with Gasteiger partial charge in [-0.25, -0.2) is 0 Å². The number of hydrogen-bond donors (Lipinski definition) is 5. The van der Waals surface area contributed by atoms with Crippen molar-refractivity contribution in [3.05, 3.63) is 0 Å². The van der Waals surface area contributed by atoms with Gasteiger partial charge in [-0.1, -0.05) is 110 Å². The molecule has 1 unspecified atom stereocenters. The van der Waals surface area contributed by atoms with E-state index in [9.17, 15) is 25.2 Å². The van der Waals surface area contributed by atoms with Crippen LogP contribution in [0.25, 0.3) is 0 Å². The highest BCUT2D eigenvalue weighted by atomic mass is 16.7. The number of hydrogen-bond acceptors (Lipinski definition) is 8. The molecule has 0 saturated carbocycles. The van der Waals surface area contributed by atoms with Crippen LogP contribution < -0.4 is 5.32 Å². The molecule has 1 saturated heterocycles. The molecule has 0 aromatic carbocycles. The van der Waals surface area contributed by atoms with Crippen LogP contribution in [0, 0.1) is 0 Å². The maximum Gasteiger partial charge on any atom is 0.220 e. The molecule has 1 amide bonds. The first-order valence-corrected chi connectivity index (χ1v) is 16.2. The number of unbranched alkanes of at least 4 members (excludes halogenated alkanes) is 15. The van der Waals surface area contributed by atoms with Crippen molar-refractivity contribution < 1.29 is 39.4 Å². The third-order valence-corrected chi connectivity index (χ3v) is 7.64. The van der Waals surface area contributed by atoms with Gasteiger partial charge < -0.3 is 40.0 Å². The minimum absolute atomic E-state index is 0.000941. The van der Waals surface area contributed by atoms with Crippen molar-refractivity contribution in [2.45, 2.75) is 166 Å². The van der Waals surface area contributed by atoms with Gasteiger partial charge in [-0.15, -0.1) is 0 Å². The molecule has 5 N–H and O–H groups in total. The predicted molar refractivity (Wildman–Crippen MR) is 157 cm³/mol. The van der Waals surface area contributed by atoms with Crippen LogP contribution in [0.15, 0.2) is 0 Å². The lowest BCUT2D eigenvalue weighted by atomic mass is 9.99. The zero-order valence-electron chi connectivity index (χ0n) is 25.4. The van der Waals surface area contributed by atoms with Crippen LogP contribution in [0.1, 0.15) is 129 Å². The van der Waals surface area contributed by atoms with Crippen molar-refractivity contribution in [2.75, 3.05) is 26.4 Å². The summed E-state index contributed by atoms with van der Waals surface area (Å²) in [6.07, 6.45) is 14.7. The molecule has 0 aliphatic carbocycles. The molecule has 1 rings (SSSR count). The lowest BCUT2D eigenvalue weighted by Crippen LogP contribution is -2.59. The highest BCUT2D eigenvalue weighted by molar-refractivity contribution is 5.76. The molecule has 1 aliphatic rings. The van der Waals surface area contributed by atoms with Gasteiger partial charge in [-0.2, -0.15) is 0 Å². The number of aliphatic hydroxyl groups is 4. The minimum atomic E-state index is -1.51. The molecule has 6 atom stereocenters. The van der Waals surface area contributed by atoms with Gasteiger partial charge in [0.15, 0.2) is 6.29 Å². The van der Waals surface area contributed by atoms with Gasteiger partial charge in [0.25, 0.3) is 0 Å². The van der Waals surface area contributed by atoms with Gasteiger partial charge >= 0.3 is 0 Å². The number of ether oxygens (including phenoxy) is 3. The van der Waals surface area contributed by atoms with E-state index < -0.39 is 43.4 Å². The third kappa shape index (κ3) is 17.2. The lowest BCUT2D eigenvalue weighted by Gasteiger charge is -2.40. The van der Waals surface area contributed by atoms with Gasteiger partial charge in [-0.05, 0) is 12.8 Å². The maximum absolute atomic E-state index is 12.4. The molecule has 0 spiro atoms. The number of carbonyl (C=O) groups is 1. The van der Waals surface area contributed by atoms with Crippen molar-refractivity contribution in [1.29, 1.82) is 0 Å². The van der Waals surface area contributed by atoms with E-state index in [-0.39, 0.29) is 19.1 Å². The molecule has 1 fully saturated rings. The Morgan fingerprint density at radius 1 is 0.725 bits per heavy atom. The first kappa shape index (κ1) is 37.2. The molecule has 0 bridgehead atoms. The van der Waals surface area contributed by atoms with E-state index in [0.29, 0.717) is 13.0 Å². The van der Waals surface area contributed by atoms with E-state index in [2.05, 4.69) is 19.2 Å². The summed E-state index contributed by atoms with van der Waals surface area (Å²) >= 11 is 0. The van der Waals surface area contributed by atoms with E-state index in [1.807, 2.05) is 0 Å². The van der Waals surface area contributed by atoms with Crippen LogP contribution in [0.4, 0.5) is 0 Å². The van der Waals surface area contributed by atoms with Crippen molar-refractivity contribution in [1.82, 2.24) is 5.32 Å². The average Bonchev–Trinajstić information content (AvgIpc) is 2.95. The first-order valence-electron chi connectivity index (χ1n) is 16.2. The van der Waals surface area contributed by atoms with E-state index in [1.165, 1.54) is 77.0 Å². The smallest absolute Gasteiger partial charge is 0.220 e. The Balaban J connectivity index is 2.25. The van der Waals surface area contributed by atoms with Crippen LogP contribution in [-0.2, 0) is 19.0 Å². The molecular formula is C31H61NO8. The zero-order valence-corrected chi connectivity index (χ0v) is 25.4. The van der Waals surface area contributed by atoms with Crippen LogP contribution in [0.2, 0.25) is 0 Å². The van der Waals surface area contributed by atoms with Gasteiger partial charge in [0, 0.05) is 13.0 Å². The van der Waals surface area contributed by atoms with Crippen LogP contribution >= 0.6 is 0 Å². The summed E-state index contributed by atoms with van der Waals surface area (Å²) < 4.78 is 16.9. The fraction of sp³-hybridized carbons (Fsp3) is 0.968. The molecule has 9 nitrogen and oxygen atoms in total. The molecule has 238 valence electrons. The maximum atomic E-state index is 12.4. The first-order chi connectivity index (χ1) is 19.4. The second-order valence-corrected chi connectivity index (χ2v) is 11.4. The second-order valence-electron chi connectivity index (χ2n) is 11.4. The normalized spacial score (nSPS) is 23.8. The van der Waals surface area contributed by atoms with Crippen molar-refractivity contribution in [3.8, 4) is 0 Å². The summed E-state index contributed by atoms with van der Waals surface area (Å²) in [5.41, 5.74) is 0. The summed E-state index contributed by atoms with van der Waals surface area (Å²) in [6.45, 7) is 4.68. The van der Waals surface area contributed by atoms with Crippen LogP contribution in [-0.4, -0.2) is 89.5 Å². The Bertz CT molecular complexity index is 594. The van der Waals surface area contributed by atoms with Crippen molar-refractivity contribution >= 4 is 5.91 Å². The molecule has 0 radical (unpaired) electrons. The third-order valence-electron chi connectivity index (χ3n) is 7.64. The summed E-state index contributed by atoms with van der Waals surface area (Å²) in [5, 5.41) is 42.5. The monoisotopic (exact) mass is 575 g/mol. The number of amides is 1. The number of nitrogens with one attached hydrogen (secondary N) is 1. The minimum Gasteiger partial charge on any atom is -0.394 e. The van der Waals surface area contributed by atoms with Crippen LogP contribution in [0.5, 0.6) is 0 Å². The quantitative estimate of drug-likeness (QED) is 0.0959. The summed E-state index contributed by atoms with van der Waals surface area (Å²) in [7, 11) is 0. The van der Waals surface area contributed by atoms with Crippen molar-refractivity contribution in [3.63, 3.8) is 0 Å². The molecule has 1 heterocycles. The Morgan fingerprint density at radius 2 is 1.25 bits per heavy atom. The fourth-order valence-corrected chi connectivity index (χ4v) is 5.01. The summed E-state index contributed by atoms with van der Waals surface area (Å²) in [4.78, 5) is 12.4. The molecule has 0 aromatic rings. The highest BCUT2D eigenvalue weighted by Gasteiger charge is 2.44. The molecule has 1 aliphatic heterocycles. The molecule has 9 heteroatoms. The van der Waals surface area contributed by atoms with E-state index in [4.69, 9.17) is 14.2 Å². The van der Waals surface area contributed by atoms with Gasteiger partial charge in [0.2, 0.25) is 5.91 Å². The van der Waals surface area contributed by atoms with Gasteiger partial charge in [0.1, 0.15) is 24.4 Å². The Hall–Kier alpha value is -0.810. The molecule has 40 heavy (non-hydrogen) atoms. The average molecular weight is 576 g/mol. The largest absolute Gasteiger partial charge is 0.394 e. The van der Waals surface area contributed by atoms with E-state index >= 15 is 0 Å². The summed E-state index contributed by atoms with van der Waals surface area (Å²) in [6, 6.07) is -0.451. The van der Waals surface area contributed by atoms with Gasteiger partial charge in [0.05, 0.1) is 25.9 Å². The lowest BCUT2D eigenvalue weighted by molar-refractivity contribution is -0.302. The van der Waals surface area contributed by atoms with Crippen molar-refractivity contribution in [2.24, 2.45) is 0 Å². The standard InChI is InChI=1S/C31H61NO8/c1-3-5-7-8-9-10-11-12-13-14-15-16-17-19-21-38-23-25(32-27(34)20-18-6-4-2)24-39-31-30(37)29(36)28(35)26(22-33)40-31/h25-26,28-31,33,35-37H,3-24H2,1-2H3,(H,32,34)/t25?,26-,28+,29+,30-,31-/m1/s1. The number of carbonyl (C=O) groups excluding carboxylic acids is 1. The summed E-state index contributed by atoms with van der Waals surface area (Å²) in [5.74, 6) is -0.0871. The predicted octanol–water partition coefficient (Wildman–Crippen LogP) is 4.37. The SMILES string of the molecule is CCCCCCCCCCCCCCCCOCC(CO[C@@H]1O[C@H](CO)[C@H](O)[C@H](O)[C@H]1O)NC(=O)CCCCC. The molecular weight excluding hydrogens is 514 g/mol. The number of aliphatic hydroxyl groups excluding tert-OH is 4. The van der Waals surface area contributed by atoms with Crippen LogP contribution in [0.3, 0.4) is 0 Å². The Morgan fingerprint density at radius 3 is 1.80 bits per heavy atom. The highest BCUT2D eigenvalue weighted by Crippen LogP contribution is 2.22. The fourth-order valence-electron chi connectivity index (χ4n) is 5.01. The van der Waals surface area contributed by atoms with E-state index in [1.54, 1.807) is 0 Å². The Kier molecular flexibility index (Phi) is 23.0. The molecule has 0 aromatic heterocycles. The Labute approximate surface area is 243 Å². The number of rotatable bonds is 26. The zero-order chi connectivity index (χ0) is 29.4. The second kappa shape index (κ2) is 24.8. The van der Waals surface area contributed by atoms with Gasteiger partial charge in [-0.3, -0.25) is 4.79 Å².